The Bertz CT molecular complexity index is 376. The standard InChI is InChI=1S/C12H17BrO3/c1-10(2)11(3)5-6-12(10,9(15)16-4)7(13)8(11)14/h7H,5-6H2,1-4H3/t7-,11+,12+/m0/s1. The minimum absolute atomic E-state index is 0.147. The predicted molar refractivity (Wildman–Crippen MR) is 63.3 cm³/mol. The molecule has 90 valence electrons. The van der Waals surface area contributed by atoms with Crippen molar-refractivity contribution in [2.24, 2.45) is 16.2 Å². The Morgan fingerprint density at radius 1 is 1.38 bits per heavy atom. The molecule has 2 saturated carbocycles. The molecular weight excluding hydrogens is 272 g/mol. The summed E-state index contributed by atoms with van der Waals surface area (Å²) < 4.78 is 4.93. The molecule has 0 N–H and O–H groups in total. The van der Waals surface area contributed by atoms with Crippen LogP contribution in [-0.4, -0.2) is 23.7 Å². The predicted octanol–water partition coefficient (Wildman–Crippen LogP) is 2.32. The van der Waals surface area contributed by atoms with E-state index < -0.39 is 15.7 Å². The van der Waals surface area contributed by atoms with Gasteiger partial charge in [-0.25, -0.2) is 0 Å². The van der Waals surface area contributed by atoms with Crippen LogP contribution in [0.25, 0.3) is 0 Å². The zero-order chi connectivity index (χ0) is 12.4. The fourth-order valence-electron chi connectivity index (χ4n) is 3.59. The Morgan fingerprint density at radius 2 is 1.94 bits per heavy atom. The molecule has 3 nitrogen and oxygen atoms in total. The molecule has 2 bridgehead atoms. The fourth-order valence-corrected chi connectivity index (χ4v) is 5.08. The molecule has 2 aliphatic rings. The Morgan fingerprint density at radius 3 is 2.31 bits per heavy atom. The minimum Gasteiger partial charge on any atom is -0.469 e. The molecule has 0 radical (unpaired) electrons. The largest absolute Gasteiger partial charge is 0.469 e. The average molecular weight is 289 g/mol. The number of hydrogen-bond donors (Lipinski definition) is 0. The van der Waals surface area contributed by atoms with Crippen molar-refractivity contribution >= 4 is 27.7 Å². The normalized spacial score (nSPS) is 44.8. The van der Waals surface area contributed by atoms with Crippen LogP contribution in [0.5, 0.6) is 0 Å². The van der Waals surface area contributed by atoms with Crippen molar-refractivity contribution < 1.29 is 14.3 Å². The van der Waals surface area contributed by atoms with Crippen LogP contribution in [0.4, 0.5) is 0 Å². The topological polar surface area (TPSA) is 43.4 Å². The van der Waals surface area contributed by atoms with E-state index in [0.29, 0.717) is 0 Å². The highest BCUT2D eigenvalue weighted by atomic mass is 79.9. The van der Waals surface area contributed by atoms with E-state index in [2.05, 4.69) is 15.9 Å². The van der Waals surface area contributed by atoms with Gasteiger partial charge in [0.2, 0.25) is 0 Å². The van der Waals surface area contributed by atoms with Crippen molar-refractivity contribution in [1.82, 2.24) is 0 Å². The Labute approximate surface area is 104 Å². The number of ether oxygens (including phenoxy) is 1. The van der Waals surface area contributed by atoms with Crippen molar-refractivity contribution in [3.8, 4) is 0 Å². The van der Waals surface area contributed by atoms with Gasteiger partial charge in [-0.15, -0.1) is 0 Å². The molecule has 2 aliphatic carbocycles. The molecule has 0 spiro atoms. The van der Waals surface area contributed by atoms with Crippen LogP contribution in [0.15, 0.2) is 0 Å². The van der Waals surface area contributed by atoms with Crippen LogP contribution in [0, 0.1) is 16.2 Å². The van der Waals surface area contributed by atoms with E-state index >= 15 is 0 Å². The molecular formula is C12H17BrO3. The molecule has 0 aromatic rings. The Balaban J connectivity index is 2.63. The first-order valence-corrected chi connectivity index (χ1v) is 6.44. The number of halogens is 1. The summed E-state index contributed by atoms with van der Waals surface area (Å²) in [5, 5.41) is 0. The van der Waals surface area contributed by atoms with E-state index in [1.165, 1.54) is 7.11 Å². The number of Topliss-reactive ketones (excluding diaryl/α,β-unsaturated/α-hetero) is 1. The summed E-state index contributed by atoms with van der Waals surface area (Å²) >= 11 is 3.42. The van der Waals surface area contributed by atoms with Crippen LogP contribution in [0.1, 0.15) is 33.6 Å². The quantitative estimate of drug-likeness (QED) is 0.549. The van der Waals surface area contributed by atoms with Gasteiger partial charge in [-0.2, -0.15) is 0 Å². The molecule has 0 heterocycles. The van der Waals surface area contributed by atoms with Gasteiger partial charge in [0, 0.05) is 5.41 Å². The van der Waals surface area contributed by atoms with Crippen molar-refractivity contribution in [3.63, 3.8) is 0 Å². The zero-order valence-corrected chi connectivity index (χ0v) is 11.7. The summed E-state index contributed by atoms with van der Waals surface area (Å²) in [5.74, 6) is -0.108. The second kappa shape index (κ2) is 3.09. The van der Waals surface area contributed by atoms with Crippen LogP contribution in [0.3, 0.4) is 0 Å². The lowest BCUT2D eigenvalue weighted by molar-refractivity contribution is -0.157. The summed E-state index contributed by atoms with van der Waals surface area (Å²) in [7, 11) is 1.39. The third-order valence-electron chi connectivity index (χ3n) is 5.27. The minimum atomic E-state index is -0.687. The molecule has 2 rings (SSSR count). The number of esters is 1. The highest BCUT2D eigenvalue weighted by molar-refractivity contribution is 9.10. The number of methoxy groups -OCH3 is 1. The monoisotopic (exact) mass is 288 g/mol. The van der Waals surface area contributed by atoms with Gasteiger partial charge in [0.05, 0.1) is 17.4 Å². The summed E-state index contributed by atoms with van der Waals surface area (Å²) in [4.78, 5) is 24.0. The van der Waals surface area contributed by atoms with Crippen molar-refractivity contribution in [2.45, 2.75) is 38.4 Å². The van der Waals surface area contributed by atoms with Crippen LogP contribution < -0.4 is 0 Å². The molecule has 0 amide bonds. The second-order valence-electron chi connectivity index (χ2n) is 5.65. The lowest BCUT2D eigenvalue weighted by Crippen LogP contribution is -2.45. The van der Waals surface area contributed by atoms with Gasteiger partial charge in [-0.05, 0) is 18.3 Å². The molecule has 0 aliphatic heterocycles. The first kappa shape index (κ1) is 12.1. The number of carbonyl (C=O) groups is 2. The van der Waals surface area contributed by atoms with E-state index in [0.717, 1.165) is 12.8 Å². The van der Waals surface area contributed by atoms with E-state index in [1.54, 1.807) is 0 Å². The van der Waals surface area contributed by atoms with E-state index in [1.807, 2.05) is 20.8 Å². The SMILES string of the molecule is COC(=O)[C@@]12CC[C@](C)(C(=O)[C@@H]1Br)C2(C)C. The van der Waals surface area contributed by atoms with Crippen LogP contribution >= 0.6 is 15.9 Å². The number of carbonyl (C=O) groups excluding carboxylic acids is 2. The number of hydrogen-bond acceptors (Lipinski definition) is 3. The summed E-state index contributed by atoms with van der Waals surface area (Å²) in [5.41, 5.74) is -1.44. The maximum atomic E-state index is 12.3. The maximum absolute atomic E-state index is 12.3. The first-order chi connectivity index (χ1) is 7.25. The first-order valence-electron chi connectivity index (χ1n) is 5.52. The van der Waals surface area contributed by atoms with Gasteiger partial charge < -0.3 is 4.74 Å². The van der Waals surface area contributed by atoms with Crippen molar-refractivity contribution in [3.05, 3.63) is 0 Å². The van der Waals surface area contributed by atoms with Gasteiger partial charge in [0.1, 0.15) is 0 Å². The zero-order valence-electron chi connectivity index (χ0n) is 10.1. The third kappa shape index (κ3) is 0.918. The molecule has 0 unspecified atom stereocenters. The molecule has 0 aromatic carbocycles. The Hall–Kier alpha value is -0.380. The summed E-state index contributed by atoms with van der Waals surface area (Å²) in [6.45, 7) is 5.99. The van der Waals surface area contributed by atoms with Crippen LogP contribution in [-0.2, 0) is 14.3 Å². The summed E-state index contributed by atoms with van der Waals surface area (Å²) in [6, 6.07) is 0. The second-order valence-corrected chi connectivity index (χ2v) is 6.56. The van der Waals surface area contributed by atoms with Crippen molar-refractivity contribution in [2.75, 3.05) is 7.11 Å². The molecule has 2 fully saturated rings. The number of fused-ring (bicyclic) bond motifs is 2. The van der Waals surface area contributed by atoms with E-state index in [-0.39, 0.29) is 17.2 Å². The number of rotatable bonds is 1. The lowest BCUT2D eigenvalue weighted by Gasteiger charge is -2.38. The molecule has 16 heavy (non-hydrogen) atoms. The van der Waals surface area contributed by atoms with Gasteiger partial charge in [0.25, 0.3) is 0 Å². The van der Waals surface area contributed by atoms with Gasteiger partial charge in [-0.3, -0.25) is 9.59 Å². The molecule has 0 aromatic heterocycles. The number of ketones is 1. The third-order valence-corrected chi connectivity index (χ3v) is 6.47. The Kier molecular flexibility index (Phi) is 2.34. The highest BCUT2D eigenvalue weighted by Crippen LogP contribution is 2.72. The highest BCUT2D eigenvalue weighted by Gasteiger charge is 2.77. The van der Waals surface area contributed by atoms with Gasteiger partial charge in [0.15, 0.2) is 5.78 Å². The average Bonchev–Trinajstić information content (AvgIpc) is 2.51. The maximum Gasteiger partial charge on any atom is 0.313 e. The van der Waals surface area contributed by atoms with Crippen LogP contribution in [0.2, 0.25) is 0 Å². The van der Waals surface area contributed by atoms with Crippen molar-refractivity contribution in [1.29, 1.82) is 0 Å². The van der Waals surface area contributed by atoms with E-state index in [9.17, 15) is 9.59 Å². The molecule has 0 saturated heterocycles. The van der Waals surface area contributed by atoms with Gasteiger partial charge in [-0.1, -0.05) is 36.7 Å². The van der Waals surface area contributed by atoms with E-state index in [4.69, 9.17) is 4.74 Å². The lowest BCUT2D eigenvalue weighted by atomic mass is 9.65. The fraction of sp³-hybridized carbons (Fsp3) is 0.833. The van der Waals surface area contributed by atoms with Gasteiger partial charge >= 0.3 is 5.97 Å². The smallest absolute Gasteiger partial charge is 0.313 e. The molecule has 4 heteroatoms. The molecule has 3 atom stereocenters. The summed E-state index contributed by atoms with van der Waals surface area (Å²) in [6.07, 6.45) is 1.50. The number of alkyl halides is 1.